The van der Waals surface area contributed by atoms with Crippen molar-refractivity contribution in [3.63, 3.8) is 0 Å². The topological polar surface area (TPSA) is 86.7 Å². The van der Waals surface area contributed by atoms with Gasteiger partial charge in [-0.25, -0.2) is 26.3 Å². The Labute approximate surface area is 206 Å². The first-order chi connectivity index (χ1) is 17.1. The quantitative estimate of drug-likeness (QED) is 0.568. The summed E-state index contributed by atoms with van der Waals surface area (Å²) in [6.07, 6.45) is -2.10. The molecule has 2 aliphatic rings. The molecule has 6 nitrogen and oxygen atoms in total. The first-order valence-corrected chi connectivity index (χ1v) is 13.1. The van der Waals surface area contributed by atoms with Gasteiger partial charge in [0.05, 0.1) is 11.8 Å². The van der Waals surface area contributed by atoms with Gasteiger partial charge in [0.15, 0.2) is 0 Å². The highest BCUT2D eigenvalue weighted by atomic mass is 32.2. The number of aliphatic hydroxyl groups is 1. The van der Waals surface area contributed by atoms with Gasteiger partial charge in [-0.15, -0.1) is 0 Å². The molecular weight excluding hydrogens is 481 g/mol. The third-order valence-corrected chi connectivity index (χ3v) is 8.20. The molecule has 5 atom stereocenters. The second-order valence-electron chi connectivity index (χ2n) is 9.23. The molecule has 1 saturated heterocycles. The van der Waals surface area contributed by atoms with E-state index in [4.69, 9.17) is 2.74 Å². The smallest absolute Gasteiger partial charge is 0.254 e. The Bertz CT molecular complexity index is 1320. The van der Waals surface area contributed by atoms with E-state index < -0.39 is 69.4 Å². The SMILES string of the molecule is [2H]C1([2H])[C@@H]2[C@@H](NS(=O)(=O)CC)[C@@H](Cc3cccc(-c4cc(F)cc(F)c4)c3F)N(C(=O)[C@](C)(O)CC)[C@@H]21. The molecular formula is C25H29F3N2O4S. The van der Waals surface area contributed by atoms with Crippen LogP contribution in [0.1, 0.15) is 41.9 Å². The fourth-order valence-electron chi connectivity index (χ4n) is 4.58. The van der Waals surface area contributed by atoms with Crippen LogP contribution in [-0.4, -0.2) is 53.8 Å². The summed E-state index contributed by atoms with van der Waals surface area (Å²) in [5.41, 5.74) is -1.92. The maximum absolute atomic E-state index is 15.7. The molecule has 0 unspecified atom stereocenters. The molecule has 190 valence electrons. The molecule has 1 amide bonds. The average Bonchev–Trinajstić information content (AvgIpc) is 3.21. The lowest BCUT2D eigenvalue weighted by molar-refractivity contribution is -0.152. The number of rotatable bonds is 8. The summed E-state index contributed by atoms with van der Waals surface area (Å²) in [6, 6.07) is 3.78. The summed E-state index contributed by atoms with van der Waals surface area (Å²) >= 11 is 0. The fourth-order valence-corrected chi connectivity index (χ4v) is 5.47. The molecule has 0 bridgehead atoms. The predicted molar refractivity (Wildman–Crippen MR) is 125 cm³/mol. The van der Waals surface area contributed by atoms with Crippen molar-refractivity contribution in [2.75, 3.05) is 5.75 Å². The van der Waals surface area contributed by atoms with Crippen LogP contribution in [0, 0.1) is 23.4 Å². The number of amides is 1. The predicted octanol–water partition coefficient (Wildman–Crippen LogP) is 3.38. The van der Waals surface area contributed by atoms with Crippen molar-refractivity contribution in [1.82, 2.24) is 9.62 Å². The zero-order chi connectivity index (χ0) is 27.5. The molecule has 10 heteroatoms. The largest absolute Gasteiger partial charge is 0.380 e. The van der Waals surface area contributed by atoms with Crippen molar-refractivity contribution in [3.05, 3.63) is 59.4 Å². The van der Waals surface area contributed by atoms with Gasteiger partial charge in [0.25, 0.3) is 5.91 Å². The number of hydrogen-bond donors (Lipinski definition) is 2. The van der Waals surface area contributed by atoms with Crippen molar-refractivity contribution in [2.45, 2.75) is 63.7 Å². The number of nitrogens with one attached hydrogen (secondary N) is 1. The minimum atomic E-state index is -3.84. The lowest BCUT2D eigenvalue weighted by Gasteiger charge is -2.36. The second-order valence-corrected chi connectivity index (χ2v) is 11.3. The van der Waals surface area contributed by atoms with E-state index in [0.717, 1.165) is 17.0 Å². The molecule has 2 aromatic carbocycles. The van der Waals surface area contributed by atoms with E-state index in [1.807, 2.05) is 0 Å². The number of hydrogen-bond acceptors (Lipinski definition) is 4. The summed E-state index contributed by atoms with van der Waals surface area (Å²) in [5.74, 6) is -4.53. The number of carbonyl (C=O) groups is 1. The number of benzene rings is 2. The van der Waals surface area contributed by atoms with E-state index in [2.05, 4.69) is 4.72 Å². The van der Waals surface area contributed by atoms with E-state index in [1.54, 1.807) is 6.92 Å². The summed E-state index contributed by atoms with van der Waals surface area (Å²) < 4.78 is 87.5. The summed E-state index contributed by atoms with van der Waals surface area (Å²) in [6.45, 7) is 4.29. The maximum Gasteiger partial charge on any atom is 0.254 e. The summed E-state index contributed by atoms with van der Waals surface area (Å²) in [5, 5.41) is 10.7. The number of sulfonamides is 1. The van der Waals surface area contributed by atoms with Gasteiger partial charge in [0.1, 0.15) is 23.1 Å². The zero-order valence-electron chi connectivity index (χ0n) is 21.6. The van der Waals surface area contributed by atoms with E-state index >= 15 is 4.39 Å². The van der Waals surface area contributed by atoms with Gasteiger partial charge in [-0.3, -0.25) is 4.79 Å². The molecule has 0 aromatic heterocycles. The van der Waals surface area contributed by atoms with Gasteiger partial charge in [-0.05, 0) is 62.2 Å². The van der Waals surface area contributed by atoms with Crippen LogP contribution in [0.2, 0.25) is 0 Å². The highest BCUT2D eigenvalue weighted by Gasteiger charge is 2.62. The number of piperidine rings is 1. The molecule has 2 fully saturated rings. The molecule has 4 rings (SSSR count). The zero-order valence-corrected chi connectivity index (χ0v) is 20.4. The second kappa shape index (κ2) is 9.22. The number of nitrogens with zero attached hydrogens (tertiary/aromatic N) is 1. The Kier molecular flexibility index (Phi) is 6.06. The van der Waals surface area contributed by atoms with Crippen LogP contribution in [0.3, 0.4) is 0 Å². The molecule has 2 N–H and O–H groups in total. The van der Waals surface area contributed by atoms with Gasteiger partial charge >= 0.3 is 0 Å². The van der Waals surface area contributed by atoms with Crippen molar-refractivity contribution >= 4 is 15.9 Å². The van der Waals surface area contributed by atoms with Gasteiger partial charge < -0.3 is 10.0 Å². The molecule has 35 heavy (non-hydrogen) atoms. The van der Waals surface area contributed by atoms with Crippen molar-refractivity contribution in [3.8, 4) is 11.1 Å². The van der Waals surface area contributed by atoms with Crippen LogP contribution in [0.4, 0.5) is 13.2 Å². The van der Waals surface area contributed by atoms with Gasteiger partial charge in [0, 0.05) is 26.5 Å². The Morgan fingerprint density at radius 1 is 1.23 bits per heavy atom. The number of fused-ring (bicyclic) bond motifs is 1. The Morgan fingerprint density at radius 2 is 1.89 bits per heavy atom. The van der Waals surface area contributed by atoms with Gasteiger partial charge in [-0.2, -0.15) is 0 Å². The number of carbonyl (C=O) groups excluding carboxylic acids is 1. The first kappa shape index (κ1) is 23.0. The first-order valence-electron chi connectivity index (χ1n) is 12.4. The maximum atomic E-state index is 15.7. The van der Waals surface area contributed by atoms with E-state index in [-0.39, 0.29) is 35.3 Å². The summed E-state index contributed by atoms with van der Waals surface area (Å²) in [4.78, 5) is 14.6. The molecule has 0 spiro atoms. The fraction of sp³-hybridized carbons (Fsp3) is 0.480. The minimum Gasteiger partial charge on any atom is -0.380 e. The van der Waals surface area contributed by atoms with Gasteiger partial charge in [0.2, 0.25) is 10.0 Å². The van der Waals surface area contributed by atoms with E-state index in [1.165, 1.54) is 32.0 Å². The van der Waals surface area contributed by atoms with Crippen LogP contribution >= 0.6 is 0 Å². The Balaban J connectivity index is 1.78. The molecule has 1 aliphatic carbocycles. The van der Waals surface area contributed by atoms with Crippen LogP contribution in [-0.2, 0) is 21.2 Å². The molecule has 2 aromatic rings. The summed E-state index contributed by atoms with van der Waals surface area (Å²) in [7, 11) is -3.84. The van der Waals surface area contributed by atoms with E-state index in [0.29, 0.717) is 6.07 Å². The number of likely N-dealkylation sites (tertiary alicyclic amines) is 1. The average molecular weight is 513 g/mol. The van der Waals surface area contributed by atoms with Crippen molar-refractivity contribution < 1.29 is 34.2 Å². The molecule has 0 radical (unpaired) electrons. The normalized spacial score (nSPS) is 27.6. The number of halogens is 3. The van der Waals surface area contributed by atoms with Crippen LogP contribution < -0.4 is 4.72 Å². The third-order valence-electron chi connectivity index (χ3n) is 6.81. The lowest BCUT2D eigenvalue weighted by atomic mass is 9.93. The molecule has 1 aliphatic heterocycles. The van der Waals surface area contributed by atoms with Crippen LogP contribution in [0.25, 0.3) is 11.1 Å². The minimum absolute atomic E-state index is 0.0236. The standard InChI is InChI=1S/C25H29F3N2O4S/c1-4-25(3,32)24(31)30-20-13-19(20)23(29-35(33,34)5-2)21(30)11-14-7-6-8-18(22(14)28)15-9-16(26)12-17(27)10-15/h6-10,12,19-21,23,29,32H,4-5,11,13H2,1-3H3/t19-,20+,21+,23+,25+/m0/s1/i13D2. The third kappa shape index (κ3) is 4.96. The molecule has 1 heterocycles. The van der Waals surface area contributed by atoms with E-state index in [9.17, 15) is 27.1 Å². The Hall–Kier alpha value is -2.43. The van der Waals surface area contributed by atoms with Gasteiger partial charge in [-0.1, -0.05) is 25.1 Å². The van der Waals surface area contributed by atoms with Crippen molar-refractivity contribution in [2.24, 2.45) is 5.92 Å². The van der Waals surface area contributed by atoms with Crippen molar-refractivity contribution in [1.29, 1.82) is 0 Å². The highest BCUT2D eigenvalue weighted by molar-refractivity contribution is 7.89. The van der Waals surface area contributed by atoms with Crippen LogP contribution in [0.5, 0.6) is 0 Å². The molecule has 1 saturated carbocycles. The Morgan fingerprint density at radius 3 is 2.49 bits per heavy atom. The highest BCUT2D eigenvalue weighted by Crippen LogP contribution is 2.50. The monoisotopic (exact) mass is 512 g/mol. The van der Waals surface area contributed by atoms with Crippen LogP contribution in [0.15, 0.2) is 36.4 Å². The lowest BCUT2D eigenvalue weighted by Crippen LogP contribution is -2.56.